The van der Waals surface area contributed by atoms with E-state index in [0.29, 0.717) is 12.8 Å². The summed E-state index contributed by atoms with van der Waals surface area (Å²) < 4.78 is 4.95. The van der Waals surface area contributed by atoms with E-state index in [1.54, 1.807) is 0 Å². The second-order valence-electron chi connectivity index (χ2n) is 2.75. The number of carbonyl (C=O) groups is 2. The molecule has 0 aliphatic carbocycles. The molecular formula is C8H12O3. The van der Waals surface area contributed by atoms with Crippen molar-refractivity contribution < 1.29 is 14.3 Å². The number of unbranched alkanes of at least 4 members (excludes halogenated alkanes) is 1. The Morgan fingerprint density at radius 3 is 3.00 bits per heavy atom. The Balaban J connectivity index is 2.08. The Bertz CT molecular complexity index is 153. The van der Waals surface area contributed by atoms with Crippen molar-refractivity contribution in [2.24, 2.45) is 0 Å². The summed E-state index contributed by atoms with van der Waals surface area (Å²) in [6, 6.07) is 0. The van der Waals surface area contributed by atoms with Crippen molar-refractivity contribution in [3.05, 3.63) is 0 Å². The van der Waals surface area contributed by atoms with Gasteiger partial charge >= 0.3 is 5.97 Å². The standard InChI is InChI=1S/C8H12O3/c9-6-2-1-3-7-4-5-8(10)11-7/h6-7H,1-5H2. The normalized spacial score (nSPS) is 23.3. The number of hydrogen-bond donors (Lipinski definition) is 0. The zero-order valence-corrected chi connectivity index (χ0v) is 6.41. The molecule has 3 nitrogen and oxygen atoms in total. The molecule has 11 heavy (non-hydrogen) atoms. The maximum atomic E-state index is 10.6. The molecule has 1 unspecified atom stereocenters. The summed E-state index contributed by atoms with van der Waals surface area (Å²) in [5.41, 5.74) is 0. The van der Waals surface area contributed by atoms with E-state index in [9.17, 15) is 9.59 Å². The van der Waals surface area contributed by atoms with Crippen LogP contribution in [0, 0.1) is 0 Å². The number of carbonyl (C=O) groups excluding carboxylic acids is 2. The lowest BCUT2D eigenvalue weighted by molar-refractivity contribution is -0.141. The Hall–Kier alpha value is -0.860. The van der Waals surface area contributed by atoms with E-state index < -0.39 is 0 Å². The van der Waals surface area contributed by atoms with Gasteiger partial charge in [0.2, 0.25) is 0 Å². The SMILES string of the molecule is O=CCCCC1CCC(=O)O1. The van der Waals surface area contributed by atoms with Crippen LogP contribution in [0.4, 0.5) is 0 Å². The van der Waals surface area contributed by atoms with Gasteiger partial charge in [-0.15, -0.1) is 0 Å². The Kier molecular flexibility index (Phi) is 3.08. The van der Waals surface area contributed by atoms with Crippen LogP contribution in [0.25, 0.3) is 0 Å². The summed E-state index contributed by atoms with van der Waals surface area (Å²) in [4.78, 5) is 20.5. The van der Waals surface area contributed by atoms with E-state index >= 15 is 0 Å². The topological polar surface area (TPSA) is 43.4 Å². The van der Waals surface area contributed by atoms with Crippen LogP contribution >= 0.6 is 0 Å². The maximum Gasteiger partial charge on any atom is 0.306 e. The first kappa shape index (κ1) is 8.24. The van der Waals surface area contributed by atoms with Gasteiger partial charge in [0.1, 0.15) is 12.4 Å². The fraction of sp³-hybridized carbons (Fsp3) is 0.750. The van der Waals surface area contributed by atoms with E-state index in [-0.39, 0.29) is 12.1 Å². The molecule has 1 aliphatic heterocycles. The molecular weight excluding hydrogens is 144 g/mol. The fourth-order valence-corrected chi connectivity index (χ4v) is 1.21. The predicted molar refractivity (Wildman–Crippen MR) is 39.0 cm³/mol. The van der Waals surface area contributed by atoms with Crippen LogP contribution in [0.2, 0.25) is 0 Å². The Morgan fingerprint density at radius 2 is 2.45 bits per heavy atom. The van der Waals surface area contributed by atoms with Crippen LogP contribution < -0.4 is 0 Å². The highest BCUT2D eigenvalue weighted by molar-refractivity contribution is 5.71. The third kappa shape index (κ3) is 2.70. The lowest BCUT2D eigenvalue weighted by Crippen LogP contribution is -2.06. The van der Waals surface area contributed by atoms with E-state index in [1.807, 2.05) is 0 Å². The number of aldehydes is 1. The van der Waals surface area contributed by atoms with Gasteiger partial charge in [0.15, 0.2) is 0 Å². The molecule has 0 aromatic heterocycles. The predicted octanol–water partition coefficient (Wildman–Crippen LogP) is 1.06. The zero-order chi connectivity index (χ0) is 8.10. The highest BCUT2D eigenvalue weighted by atomic mass is 16.5. The summed E-state index contributed by atoms with van der Waals surface area (Å²) in [6.45, 7) is 0. The number of esters is 1. The number of cyclic esters (lactones) is 1. The van der Waals surface area contributed by atoms with E-state index in [0.717, 1.165) is 25.5 Å². The van der Waals surface area contributed by atoms with Gasteiger partial charge in [-0.05, 0) is 19.3 Å². The molecule has 0 aromatic rings. The van der Waals surface area contributed by atoms with Gasteiger partial charge < -0.3 is 9.53 Å². The third-order valence-electron chi connectivity index (χ3n) is 1.82. The van der Waals surface area contributed by atoms with Gasteiger partial charge in [-0.3, -0.25) is 4.79 Å². The van der Waals surface area contributed by atoms with Gasteiger partial charge in [0.25, 0.3) is 0 Å². The van der Waals surface area contributed by atoms with Gasteiger partial charge in [-0.25, -0.2) is 0 Å². The first-order chi connectivity index (χ1) is 5.33. The quantitative estimate of drug-likeness (QED) is 0.347. The fourth-order valence-electron chi connectivity index (χ4n) is 1.21. The molecule has 3 heteroatoms. The van der Waals surface area contributed by atoms with E-state index in [2.05, 4.69) is 0 Å². The molecule has 0 N–H and O–H groups in total. The molecule has 0 aromatic carbocycles. The van der Waals surface area contributed by atoms with Crippen molar-refractivity contribution in [1.29, 1.82) is 0 Å². The van der Waals surface area contributed by atoms with Gasteiger partial charge in [0.05, 0.1) is 0 Å². The first-order valence-electron chi connectivity index (χ1n) is 3.96. The second kappa shape index (κ2) is 4.11. The molecule has 62 valence electrons. The summed E-state index contributed by atoms with van der Waals surface area (Å²) in [7, 11) is 0. The smallest absolute Gasteiger partial charge is 0.306 e. The molecule has 0 bridgehead atoms. The van der Waals surface area contributed by atoms with Crippen molar-refractivity contribution in [2.45, 2.75) is 38.2 Å². The maximum absolute atomic E-state index is 10.6. The average Bonchev–Trinajstić information content (AvgIpc) is 2.37. The molecule has 1 heterocycles. The molecule has 1 atom stereocenters. The van der Waals surface area contributed by atoms with Crippen LogP contribution in [0.5, 0.6) is 0 Å². The van der Waals surface area contributed by atoms with Gasteiger partial charge in [0, 0.05) is 12.8 Å². The summed E-state index contributed by atoms with van der Waals surface area (Å²) in [5.74, 6) is -0.0962. The van der Waals surface area contributed by atoms with Crippen LogP contribution in [0.1, 0.15) is 32.1 Å². The molecule has 0 radical (unpaired) electrons. The van der Waals surface area contributed by atoms with Crippen LogP contribution in [-0.4, -0.2) is 18.4 Å². The summed E-state index contributed by atoms with van der Waals surface area (Å²) in [6.07, 6.45) is 4.61. The molecule has 1 rings (SSSR count). The lowest BCUT2D eigenvalue weighted by atomic mass is 10.1. The minimum atomic E-state index is -0.0962. The van der Waals surface area contributed by atoms with Crippen LogP contribution in [0.3, 0.4) is 0 Å². The third-order valence-corrected chi connectivity index (χ3v) is 1.82. The van der Waals surface area contributed by atoms with Crippen LogP contribution in [-0.2, 0) is 14.3 Å². The van der Waals surface area contributed by atoms with Crippen molar-refractivity contribution in [3.63, 3.8) is 0 Å². The number of rotatable bonds is 4. The largest absolute Gasteiger partial charge is 0.462 e. The number of hydrogen-bond acceptors (Lipinski definition) is 3. The molecule has 1 aliphatic rings. The van der Waals surface area contributed by atoms with Crippen molar-refractivity contribution >= 4 is 12.3 Å². The molecule has 0 spiro atoms. The Morgan fingerprint density at radius 1 is 1.64 bits per heavy atom. The molecule has 1 fully saturated rings. The first-order valence-corrected chi connectivity index (χ1v) is 3.96. The monoisotopic (exact) mass is 156 g/mol. The van der Waals surface area contributed by atoms with Gasteiger partial charge in [-0.1, -0.05) is 0 Å². The highest BCUT2D eigenvalue weighted by Gasteiger charge is 2.22. The Labute approximate surface area is 65.7 Å². The molecule has 0 amide bonds. The molecule has 1 saturated heterocycles. The van der Waals surface area contributed by atoms with Crippen molar-refractivity contribution in [3.8, 4) is 0 Å². The number of ether oxygens (including phenoxy) is 1. The average molecular weight is 156 g/mol. The minimum Gasteiger partial charge on any atom is -0.462 e. The van der Waals surface area contributed by atoms with Crippen LogP contribution in [0.15, 0.2) is 0 Å². The summed E-state index contributed by atoms with van der Waals surface area (Å²) in [5, 5.41) is 0. The van der Waals surface area contributed by atoms with Crippen molar-refractivity contribution in [2.75, 3.05) is 0 Å². The minimum absolute atomic E-state index is 0.0856. The second-order valence-corrected chi connectivity index (χ2v) is 2.75. The van der Waals surface area contributed by atoms with Gasteiger partial charge in [-0.2, -0.15) is 0 Å². The zero-order valence-electron chi connectivity index (χ0n) is 6.41. The lowest BCUT2D eigenvalue weighted by Gasteiger charge is -2.05. The highest BCUT2D eigenvalue weighted by Crippen LogP contribution is 2.18. The summed E-state index contributed by atoms with van der Waals surface area (Å²) >= 11 is 0. The van der Waals surface area contributed by atoms with Crippen molar-refractivity contribution in [1.82, 2.24) is 0 Å². The molecule has 0 saturated carbocycles. The van der Waals surface area contributed by atoms with E-state index in [4.69, 9.17) is 4.74 Å². The van der Waals surface area contributed by atoms with E-state index in [1.165, 1.54) is 0 Å².